The summed E-state index contributed by atoms with van der Waals surface area (Å²) in [6, 6.07) is 15.5. The number of hydrogen-bond acceptors (Lipinski definition) is 1. The Bertz CT molecular complexity index is 1010. The first-order valence-corrected chi connectivity index (χ1v) is 9.48. The standard InChI is InChI=1S/C24H24O/c1-15-6-8-17-19(12-15)22(25)14-21-23(17)18-9-7-16(2)13-20(18)24(21)10-4-3-5-11-24/h6-9,12-14,25H,3-5,10-11H2,1-2H3. The second-order valence-electron chi connectivity index (χ2n) is 8.06. The molecular formula is C24H24O. The average Bonchev–Trinajstić information content (AvgIpc) is 2.86. The van der Waals surface area contributed by atoms with Crippen molar-refractivity contribution in [2.24, 2.45) is 0 Å². The van der Waals surface area contributed by atoms with Crippen LogP contribution in [-0.4, -0.2) is 5.11 Å². The van der Waals surface area contributed by atoms with Crippen LogP contribution in [0.1, 0.15) is 54.4 Å². The topological polar surface area (TPSA) is 20.2 Å². The second kappa shape index (κ2) is 5.11. The van der Waals surface area contributed by atoms with Crippen LogP contribution in [0.2, 0.25) is 0 Å². The van der Waals surface area contributed by atoms with Crippen LogP contribution in [-0.2, 0) is 5.41 Å². The number of phenols is 1. The highest BCUT2D eigenvalue weighted by atomic mass is 16.3. The van der Waals surface area contributed by atoms with E-state index in [9.17, 15) is 5.11 Å². The van der Waals surface area contributed by atoms with Crippen molar-refractivity contribution in [3.63, 3.8) is 0 Å². The Morgan fingerprint density at radius 1 is 0.760 bits per heavy atom. The third-order valence-electron chi connectivity index (χ3n) is 6.45. The lowest BCUT2D eigenvalue weighted by Crippen LogP contribution is -2.28. The van der Waals surface area contributed by atoms with Crippen molar-refractivity contribution < 1.29 is 5.11 Å². The summed E-state index contributed by atoms with van der Waals surface area (Å²) in [7, 11) is 0. The second-order valence-corrected chi connectivity index (χ2v) is 8.06. The first-order valence-electron chi connectivity index (χ1n) is 9.48. The number of hydrogen-bond donors (Lipinski definition) is 1. The molecule has 0 aliphatic heterocycles. The van der Waals surface area contributed by atoms with Gasteiger partial charge in [-0.15, -0.1) is 0 Å². The average molecular weight is 328 g/mol. The minimum atomic E-state index is 0.103. The molecule has 0 atom stereocenters. The summed E-state index contributed by atoms with van der Waals surface area (Å²) in [5.74, 6) is 0.437. The molecule has 1 heteroatoms. The molecule has 0 saturated heterocycles. The molecule has 3 aromatic carbocycles. The Morgan fingerprint density at radius 3 is 2.28 bits per heavy atom. The molecule has 126 valence electrons. The molecule has 0 radical (unpaired) electrons. The van der Waals surface area contributed by atoms with E-state index in [-0.39, 0.29) is 5.41 Å². The number of aryl methyl sites for hydroxylation is 2. The fraction of sp³-hybridized carbons (Fsp3) is 0.333. The summed E-state index contributed by atoms with van der Waals surface area (Å²) in [5.41, 5.74) is 8.24. The monoisotopic (exact) mass is 328 g/mol. The summed E-state index contributed by atoms with van der Waals surface area (Å²) in [5, 5.41) is 13.0. The van der Waals surface area contributed by atoms with E-state index in [1.54, 1.807) is 0 Å². The zero-order valence-corrected chi connectivity index (χ0v) is 15.0. The third kappa shape index (κ3) is 1.96. The fourth-order valence-corrected chi connectivity index (χ4v) is 5.30. The van der Waals surface area contributed by atoms with E-state index in [1.807, 2.05) is 0 Å². The van der Waals surface area contributed by atoms with Gasteiger partial charge in [0.05, 0.1) is 0 Å². The minimum Gasteiger partial charge on any atom is -0.507 e. The van der Waals surface area contributed by atoms with E-state index in [4.69, 9.17) is 0 Å². The molecule has 2 aliphatic rings. The van der Waals surface area contributed by atoms with E-state index in [1.165, 1.54) is 70.9 Å². The summed E-state index contributed by atoms with van der Waals surface area (Å²) >= 11 is 0. The first kappa shape index (κ1) is 15.0. The maximum Gasteiger partial charge on any atom is 0.123 e. The van der Waals surface area contributed by atoms with Crippen molar-refractivity contribution in [2.75, 3.05) is 0 Å². The lowest BCUT2D eigenvalue weighted by molar-refractivity contribution is 0.351. The molecule has 0 heterocycles. The predicted molar refractivity (Wildman–Crippen MR) is 104 cm³/mol. The molecule has 25 heavy (non-hydrogen) atoms. The van der Waals surface area contributed by atoms with Crippen LogP contribution in [0.5, 0.6) is 5.75 Å². The van der Waals surface area contributed by atoms with Crippen LogP contribution < -0.4 is 0 Å². The van der Waals surface area contributed by atoms with Gasteiger partial charge in [0.15, 0.2) is 0 Å². The van der Waals surface area contributed by atoms with Crippen LogP contribution >= 0.6 is 0 Å². The van der Waals surface area contributed by atoms with Gasteiger partial charge in [-0.2, -0.15) is 0 Å². The zero-order chi connectivity index (χ0) is 17.2. The number of aromatic hydroxyl groups is 1. The normalized spacial score (nSPS) is 17.7. The first-order chi connectivity index (χ1) is 12.1. The van der Waals surface area contributed by atoms with Crippen LogP contribution in [0.15, 0.2) is 42.5 Å². The summed E-state index contributed by atoms with van der Waals surface area (Å²) in [6.45, 7) is 4.28. The van der Waals surface area contributed by atoms with Gasteiger partial charge in [0.1, 0.15) is 5.75 Å². The SMILES string of the molecule is Cc1ccc2c(c1)C1(CCCCC1)c1cc(O)c3cc(C)ccc3c1-2. The van der Waals surface area contributed by atoms with Crippen molar-refractivity contribution in [3.05, 3.63) is 64.7 Å². The molecule has 1 saturated carbocycles. The van der Waals surface area contributed by atoms with E-state index < -0.39 is 0 Å². The van der Waals surface area contributed by atoms with Gasteiger partial charge in [0, 0.05) is 10.8 Å². The lowest BCUT2D eigenvalue weighted by atomic mass is 9.67. The van der Waals surface area contributed by atoms with Gasteiger partial charge in [-0.05, 0) is 66.5 Å². The molecule has 2 aliphatic carbocycles. The van der Waals surface area contributed by atoms with Crippen molar-refractivity contribution >= 4 is 10.8 Å². The van der Waals surface area contributed by atoms with Gasteiger partial charge < -0.3 is 5.11 Å². The Balaban J connectivity index is 1.93. The third-order valence-corrected chi connectivity index (χ3v) is 6.45. The molecule has 3 aromatic rings. The molecule has 1 nitrogen and oxygen atoms in total. The Hall–Kier alpha value is -2.28. The summed E-state index contributed by atoms with van der Waals surface area (Å²) in [6.07, 6.45) is 6.29. The highest BCUT2D eigenvalue weighted by Crippen LogP contribution is 2.58. The lowest BCUT2D eigenvalue weighted by Gasteiger charge is -2.36. The Morgan fingerprint density at radius 2 is 1.48 bits per heavy atom. The van der Waals surface area contributed by atoms with E-state index in [2.05, 4.69) is 56.3 Å². The minimum absolute atomic E-state index is 0.103. The van der Waals surface area contributed by atoms with Gasteiger partial charge in [0.2, 0.25) is 0 Å². The highest BCUT2D eigenvalue weighted by molar-refractivity contribution is 6.05. The number of rotatable bonds is 0. The molecule has 1 N–H and O–H groups in total. The van der Waals surface area contributed by atoms with E-state index in [0.717, 1.165) is 5.39 Å². The number of phenolic OH excluding ortho intramolecular Hbond substituents is 1. The van der Waals surface area contributed by atoms with Crippen LogP contribution in [0.4, 0.5) is 0 Å². The molecule has 1 spiro atoms. The van der Waals surface area contributed by atoms with Crippen LogP contribution in [0, 0.1) is 13.8 Å². The van der Waals surface area contributed by atoms with Crippen molar-refractivity contribution in [2.45, 2.75) is 51.4 Å². The van der Waals surface area contributed by atoms with Gasteiger partial charge in [-0.1, -0.05) is 60.7 Å². The largest absolute Gasteiger partial charge is 0.507 e. The molecular weight excluding hydrogens is 304 g/mol. The molecule has 0 unspecified atom stereocenters. The van der Waals surface area contributed by atoms with Crippen LogP contribution in [0.3, 0.4) is 0 Å². The number of fused-ring (bicyclic) bond motifs is 7. The van der Waals surface area contributed by atoms with Crippen molar-refractivity contribution in [1.29, 1.82) is 0 Å². The van der Waals surface area contributed by atoms with Gasteiger partial charge in [0.25, 0.3) is 0 Å². The zero-order valence-electron chi connectivity index (χ0n) is 15.0. The van der Waals surface area contributed by atoms with Gasteiger partial charge in [-0.25, -0.2) is 0 Å². The van der Waals surface area contributed by atoms with Crippen molar-refractivity contribution in [1.82, 2.24) is 0 Å². The number of benzene rings is 3. The maximum absolute atomic E-state index is 10.8. The predicted octanol–water partition coefficient (Wildman–Crippen LogP) is 6.39. The molecule has 0 aromatic heterocycles. The van der Waals surface area contributed by atoms with E-state index >= 15 is 0 Å². The summed E-state index contributed by atoms with van der Waals surface area (Å²) in [4.78, 5) is 0. The van der Waals surface area contributed by atoms with Gasteiger partial charge >= 0.3 is 0 Å². The van der Waals surface area contributed by atoms with Gasteiger partial charge in [-0.3, -0.25) is 0 Å². The van der Waals surface area contributed by atoms with Crippen LogP contribution in [0.25, 0.3) is 21.9 Å². The summed E-state index contributed by atoms with van der Waals surface area (Å²) < 4.78 is 0. The Kier molecular flexibility index (Phi) is 3.07. The Labute approximate surface area is 149 Å². The smallest absolute Gasteiger partial charge is 0.123 e. The quantitative estimate of drug-likeness (QED) is 0.507. The molecule has 1 fully saturated rings. The molecule has 0 amide bonds. The highest BCUT2D eigenvalue weighted by Gasteiger charge is 2.44. The molecule has 5 rings (SSSR count). The fourth-order valence-electron chi connectivity index (χ4n) is 5.30. The maximum atomic E-state index is 10.8. The van der Waals surface area contributed by atoms with Crippen molar-refractivity contribution in [3.8, 4) is 16.9 Å². The molecule has 0 bridgehead atoms. The van der Waals surface area contributed by atoms with E-state index in [0.29, 0.717) is 5.75 Å².